The minimum Gasteiger partial charge on any atom is -0.455 e. The van der Waals surface area contributed by atoms with Crippen molar-refractivity contribution in [3.05, 3.63) is 12.2 Å². The Labute approximate surface area is 367 Å². The van der Waals surface area contributed by atoms with Gasteiger partial charge in [0.2, 0.25) is 0 Å². The Morgan fingerprint density at radius 1 is 0.373 bits per heavy atom. The fourth-order valence-electron chi connectivity index (χ4n) is 8.06. The van der Waals surface area contributed by atoms with E-state index in [0.29, 0.717) is 12.8 Å². The lowest BCUT2D eigenvalue weighted by atomic mass is 10.0. The zero-order valence-corrected chi connectivity index (χ0v) is 39.7. The Bertz CT molecular complexity index is 931. The number of unbranched alkanes of at least 4 members (excludes halogenated alkanes) is 35. The fraction of sp³-hybridized carbons (Fsp3) is 0.906. The van der Waals surface area contributed by atoms with Crippen LogP contribution in [0.25, 0.3) is 0 Å². The maximum absolute atomic E-state index is 13.5. The van der Waals surface area contributed by atoms with Gasteiger partial charge in [0.1, 0.15) is 0 Å². The maximum atomic E-state index is 13.5. The van der Waals surface area contributed by atoms with E-state index < -0.39 is 30.8 Å². The summed E-state index contributed by atoms with van der Waals surface area (Å²) in [4.78, 5) is 39.3. The van der Waals surface area contributed by atoms with Gasteiger partial charge in [0.15, 0.2) is 18.0 Å². The Hall–Kier alpha value is -1.69. The van der Waals surface area contributed by atoms with Gasteiger partial charge in [-0.1, -0.05) is 238 Å². The van der Waals surface area contributed by atoms with Gasteiger partial charge >= 0.3 is 11.9 Å². The summed E-state index contributed by atoms with van der Waals surface area (Å²) in [6, 6.07) is 0. The number of ketones is 1. The Morgan fingerprint density at radius 3 is 0.966 bits per heavy atom. The van der Waals surface area contributed by atoms with Crippen molar-refractivity contribution in [1.29, 1.82) is 0 Å². The lowest BCUT2D eigenvalue weighted by Crippen LogP contribution is -2.43. The lowest BCUT2D eigenvalue weighted by molar-refractivity contribution is -0.175. The van der Waals surface area contributed by atoms with Gasteiger partial charge in [-0.25, -0.2) is 0 Å². The van der Waals surface area contributed by atoms with E-state index in [1.54, 1.807) is 0 Å². The molecule has 0 fully saturated rings. The third-order valence-electron chi connectivity index (χ3n) is 12.0. The van der Waals surface area contributed by atoms with E-state index in [9.17, 15) is 19.5 Å². The molecule has 0 aromatic rings. The summed E-state index contributed by atoms with van der Waals surface area (Å²) in [6.07, 6.45) is 50.1. The molecule has 0 aliphatic carbocycles. The number of rotatable bonds is 48. The van der Waals surface area contributed by atoms with E-state index >= 15 is 0 Å². The van der Waals surface area contributed by atoms with Crippen molar-refractivity contribution >= 4 is 17.7 Å². The van der Waals surface area contributed by atoms with Crippen LogP contribution in [0.15, 0.2) is 12.2 Å². The van der Waals surface area contributed by atoms with E-state index in [-0.39, 0.29) is 25.0 Å². The number of hydrogen-bond donors (Lipinski definition) is 1. The highest BCUT2D eigenvalue weighted by molar-refractivity contribution is 5.86. The largest absolute Gasteiger partial charge is 0.455 e. The zero-order valence-electron chi connectivity index (χ0n) is 39.7. The van der Waals surface area contributed by atoms with E-state index in [2.05, 4.69) is 32.9 Å². The summed E-state index contributed by atoms with van der Waals surface area (Å²) in [6.45, 7) is 6.23. The second-order valence-electron chi connectivity index (χ2n) is 17.9. The number of hydrogen-bond acceptors (Lipinski definition) is 6. The van der Waals surface area contributed by atoms with Crippen LogP contribution in [0.4, 0.5) is 0 Å². The number of aliphatic hydroxyl groups excluding tert-OH is 1. The van der Waals surface area contributed by atoms with E-state index in [1.165, 1.54) is 173 Å². The molecule has 0 aromatic carbocycles. The molecule has 0 heterocycles. The van der Waals surface area contributed by atoms with Crippen LogP contribution in [-0.4, -0.2) is 41.6 Å². The molecular weight excluding hydrogens is 733 g/mol. The second-order valence-corrected chi connectivity index (χ2v) is 17.9. The van der Waals surface area contributed by atoms with Crippen molar-refractivity contribution in [1.82, 2.24) is 0 Å². The molecule has 6 heteroatoms. The summed E-state index contributed by atoms with van der Waals surface area (Å²) < 4.78 is 11.4. The van der Waals surface area contributed by atoms with Crippen LogP contribution >= 0.6 is 0 Å². The SMILES string of the molecule is CCCCCCCCC=CCCCCCCCC(=O)OC(CO)C(OC(=O)CCCCCCCCCCCCCCC)C(=O)CCCCCCCCCCCCCCC. The first-order valence-corrected chi connectivity index (χ1v) is 26.2. The van der Waals surface area contributed by atoms with Crippen molar-refractivity contribution < 1.29 is 29.0 Å². The van der Waals surface area contributed by atoms with Crippen molar-refractivity contribution in [3.63, 3.8) is 0 Å². The molecule has 1 N–H and O–H groups in total. The van der Waals surface area contributed by atoms with E-state index in [0.717, 1.165) is 64.2 Å². The first-order valence-electron chi connectivity index (χ1n) is 26.2. The molecule has 0 rings (SSSR count). The normalized spacial score (nSPS) is 12.6. The molecule has 0 aliphatic heterocycles. The van der Waals surface area contributed by atoms with Crippen LogP contribution in [0.3, 0.4) is 0 Å². The van der Waals surface area contributed by atoms with Crippen LogP contribution in [0.1, 0.15) is 290 Å². The van der Waals surface area contributed by atoms with Gasteiger partial charge in [0, 0.05) is 19.3 Å². The summed E-state index contributed by atoms with van der Waals surface area (Å²) in [5, 5.41) is 10.3. The van der Waals surface area contributed by atoms with Crippen LogP contribution in [-0.2, 0) is 23.9 Å². The van der Waals surface area contributed by atoms with E-state index in [4.69, 9.17) is 9.47 Å². The molecule has 59 heavy (non-hydrogen) atoms. The van der Waals surface area contributed by atoms with Gasteiger partial charge < -0.3 is 14.6 Å². The first-order chi connectivity index (χ1) is 29.0. The third-order valence-corrected chi connectivity index (χ3v) is 12.0. The fourth-order valence-corrected chi connectivity index (χ4v) is 8.06. The number of carbonyl (C=O) groups excluding carboxylic acids is 3. The molecule has 0 bridgehead atoms. The average molecular weight is 833 g/mol. The molecule has 6 nitrogen and oxygen atoms in total. The predicted molar refractivity (Wildman–Crippen MR) is 252 cm³/mol. The number of allylic oxidation sites excluding steroid dienone is 2. The molecule has 0 spiro atoms. The van der Waals surface area contributed by atoms with Gasteiger partial charge in [-0.3, -0.25) is 14.4 Å². The van der Waals surface area contributed by atoms with Crippen molar-refractivity contribution in [3.8, 4) is 0 Å². The predicted octanol–water partition coefficient (Wildman–Crippen LogP) is 16.4. The monoisotopic (exact) mass is 833 g/mol. The maximum Gasteiger partial charge on any atom is 0.306 e. The van der Waals surface area contributed by atoms with Crippen molar-refractivity contribution in [2.45, 2.75) is 303 Å². The quantitative estimate of drug-likeness (QED) is 0.0373. The number of ether oxygens (including phenoxy) is 2. The van der Waals surface area contributed by atoms with Crippen LogP contribution in [0.2, 0.25) is 0 Å². The zero-order chi connectivity index (χ0) is 43.1. The van der Waals surface area contributed by atoms with Crippen molar-refractivity contribution in [2.24, 2.45) is 0 Å². The molecule has 0 saturated heterocycles. The molecule has 0 aromatic heterocycles. The van der Waals surface area contributed by atoms with Gasteiger partial charge in [0.05, 0.1) is 6.61 Å². The molecule has 2 unspecified atom stereocenters. The number of esters is 2. The van der Waals surface area contributed by atoms with Gasteiger partial charge in [-0.15, -0.1) is 0 Å². The Balaban J connectivity index is 4.60. The van der Waals surface area contributed by atoms with Crippen molar-refractivity contribution in [2.75, 3.05) is 6.61 Å². The Kier molecular flexibility index (Phi) is 46.0. The summed E-state index contributed by atoms with van der Waals surface area (Å²) in [5.74, 6) is -1.13. The van der Waals surface area contributed by atoms with E-state index in [1.807, 2.05) is 0 Å². The minimum absolute atomic E-state index is 0.237. The highest BCUT2D eigenvalue weighted by Crippen LogP contribution is 2.19. The number of aliphatic hydroxyl groups is 1. The molecule has 0 saturated carbocycles. The summed E-state index contributed by atoms with van der Waals surface area (Å²) >= 11 is 0. The summed E-state index contributed by atoms with van der Waals surface area (Å²) in [7, 11) is 0. The molecule has 0 aliphatic rings. The minimum atomic E-state index is -1.25. The highest BCUT2D eigenvalue weighted by Gasteiger charge is 2.34. The van der Waals surface area contributed by atoms with Crippen LogP contribution in [0, 0.1) is 0 Å². The molecule has 0 radical (unpaired) electrons. The van der Waals surface area contributed by atoms with Gasteiger partial charge in [-0.05, 0) is 44.9 Å². The number of carbonyl (C=O) groups is 3. The smallest absolute Gasteiger partial charge is 0.306 e. The standard InChI is InChI=1S/C53H100O6/c1-4-7-10-13-16-19-22-25-26-29-32-34-37-40-43-46-51(56)58-50(48-54)53(49(55)45-42-39-36-33-30-27-23-20-17-14-11-8-5-2)59-52(57)47-44-41-38-35-31-28-24-21-18-15-12-9-6-3/h25-26,50,53-54H,4-24,27-48H2,1-3H3. The topological polar surface area (TPSA) is 89.9 Å². The molecular formula is C53H100O6. The van der Waals surface area contributed by atoms with Crippen LogP contribution in [0.5, 0.6) is 0 Å². The molecule has 0 amide bonds. The lowest BCUT2D eigenvalue weighted by Gasteiger charge is -2.25. The highest BCUT2D eigenvalue weighted by atomic mass is 16.6. The Morgan fingerprint density at radius 2 is 0.644 bits per heavy atom. The molecule has 348 valence electrons. The van der Waals surface area contributed by atoms with Crippen LogP contribution < -0.4 is 0 Å². The average Bonchev–Trinajstić information content (AvgIpc) is 3.23. The molecule has 2 atom stereocenters. The van der Waals surface area contributed by atoms with Gasteiger partial charge in [-0.2, -0.15) is 0 Å². The second kappa shape index (κ2) is 47.4. The number of Topliss-reactive ketones (excluding diaryl/α,β-unsaturated/α-hetero) is 1. The summed E-state index contributed by atoms with van der Waals surface area (Å²) in [5.41, 5.74) is 0. The van der Waals surface area contributed by atoms with Gasteiger partial charge in [0.25, 0.3) is 0 Å². The first kappa shape index (κ1) is 57.3. The third kappa shape index (κ3) is 41.4.